The zero-order chi connectivity index (χ0) is 39.9. The summed E-state index contributed by atoms with van der Waals surface area (Å²) in [7, 11) is 0. The molecule has 0 fully saturated rings. The molecule has 49 heavy (non-hydrogen) atoms. The third-order valence-electron chi connectivity index (χ3n) is 9.05. The first-order valence-electron chi connectivity index (χ1n) is 20.1. The molecule has 0 N–H and O–H groups in total. The standard InChI is InChI=1S/C32H18NO.C13H13N.Ir/c1-18-17-33-29-16-27(18)23-5-2-4-21(14-23)22-11-9-19-8-10-20-12-13-25-24-6-3-7-26(29)31(24)34-32(25)30(20)28(19)15-22;1-10-3-6-12(7-4-10)13-8-5-11(2)9-14-13;/h2-6,8-17H,1H3;3-6,8-9,13H,1-2H3;/q-1;-2;+3/i1D3;1D3,2D3;. The van der Waals surface area contributed by atoms with Gasteiger partial charge in [-0.2, -0.15) is 41.6 Å². The Bertz CT molecular complexity index is 3130. The minimum atomic E-state index is -2.30. The molecule has 0 aliphatic carbocycles. The zero-order valence-corrected chi connectivity index (χ0v) is 28.2. The first kappa shape index (κ1) is 22.4. The van der Waals surface area contributed by atoms with Gasteiger partial charge in [-0.1, -0.05) is 102 Å². The van der Waals surface area contributed by atoms with Crippen LogP contribution >= 0.6 is 0 Å². The van der Waals surface area contributed by atoms with E-state index >= 15 is 0 Å². The first-order chi connectivity index (χ1) is 27.1. The second-order valence-corrected chi connectivity index (χ2v) is 12.0. The molecule has 3 nitrogen and oxygen atoms in total. The van der Waals surface area contributed by atoms with Crippen molar-refractivity contribution >= 4 is 75.9 Å². The van der Waals surface area contributed by atoms with E-state index in [9.17, 15) is 0 Å². The number of nitrogens with zero attached hydrogens (tertiary/aromatic N) is 2. The maximum Gasteiger partial charge on any atom is 3.00 e. The topological polar surface area (TPSA) is 40.1 Å². The maximum atomic E-state index is 8.18. The van der Waals surface area contributed by atoms with Gasteiger partial charge < -0.3 is 14.7 Å². The summed E-state index contributed by atoms with van der Waals surface area (Å²) >= 11 is 0. The number of furan rings is 1. The van der Waals surface area contributed by atoms with E-state index in [2.05, 4.69) is 77.0 Å². The van der Waals surface area contributed by atoms with Crippen molar-refractivity contribution in [2.24, 2.45) is 0 Å². The predicted octanol–water partition coefficient (Wildman–Crippen LogP) is 12.5. The summed E-state index contributed by atoms with van der Waals surface area (Å²) in [6.07, 6.45) is 6.01. The average Bonchev–Trinajstić information content (AvgIpc) is 3.59. The molecule has 0 saturated carbocycles. The van der Waals surface area contributed by atoms with Crippen LogP contribution in [0.25, 0.3) is 81.2 Å². The van der Waals surface area contributed by atoms with Crippen LogP contribution in [0.5, 0.6) is 0 Å². The van der Waals surface area contributed by atoms with Crippen LogP contribution in [0, 0.1) is 25.8 Å². The van der Waals surface area contributed by atoms with Gasteiger partial charge in [0.15, 0.2) is 0 Å². The molecule has 10 rings (SSSR count). The van der Waals surface area contributed by atoms with Crippen LogP contribution in [0.4, 0.5) is 0 Å². The Hall–Kier alpha value is -5.28. The molecular formula is C45H31IrN2O. The number of pyridine rings is 1. The van der Waals surface area contributed by atoms with Gasteiger partial charge in [0.05, 0.1) is 5.58 Å². The minimum absolute atomic E-state index is 0. The van der Waals surface area contributed by atoms with Crippen LogP contribution in [0.1, 0.15) is 41.9 Å². The molecule has 1 atom stereocenters. The molecule has 0 saturated heterocycles. The van der Waals surface area contributed by atoms with E-state index in [1.54, 1.807) is 12.1 Å². The average molecular weight is 817 g/mol. The van der Waals surface area contributed by atoms with Crippen LogP contribution in [0.15, 0.2) is 138 Å². The third kappa shape index (κ3) is 5.38. The zero-order valence-electron chi connectivity index (χ0n) is 34.8. The summed E-state index contributed by atoms with van der Waals surface area (Å²) in [5.41, 5.74) is 3.50. The monoisotopic (exact) mass is 817 g/mol. The molecule has 4 heteroatoms. The van der Waals surface area contributed by atoms with Crippen molar-refractivity contribution in [1.82, 2.24) is 4.98 Å². The minimum Gasteiger partial charge on any atom is -0.683 e. The third-order valence-corrected chi connectivity index (χ3v) is 9.05. The quantitative estimate of drug-likeness (QED) is 0.122. The molecule has 0 radical (unpaired) electrons. The Balaban J connectivity index is 0.000000191. The van der Waals surface area contributed by atoms with Crippen molar-refractivity contribution in [3.63, 3.8) is 0 Å². The van der Waals surface area contributed by atoms with Crippen molar-refractivity contribution in [3.8, 4) is 0 Å². The molecule has 1 aliphatic rings. The summed E-state index contributed by atoms with van der Waals surface area (Å²) in [5.74, 6) is 0. The van der Waals surface area contributed by atoms with Gasteiger partial charge in [-0.25, -0.2) is 0 Å². The Morgan fingerprint density at radius 2 is 1.57 bits per heavy atom. The number of hydrogen-bond donors (Lipinski definition) is 0. The normalized spacial score (nSPS) is 17.8. The fourth-order valence-corrected chi connectivity index (χ4v) is 6.65. The van der Waals surface area contributed by atoms with Crippen LogP contribution in [0.2, 0.25) is 0 Å². The summed E-state index contributed by atoms with van der Waals surface area (Å²) in [4.78, 5) is 4.60. The summed E-state index contributed by atoms with van der Waals surface area (Å²) < 4.78 is 74.9. The van der Waals surface area contributed by atoms with Gasteiger partial charge in [-0.05, 0) is 74.6 Å². The SMILES string of the molecule is [2H]C([2H])([2H])C1=C[N-]C(c2[c-]cc(C([2H])([2H])[2H])cc2)C=C1.[2H]C([2H])([2H])c1cnc2cc1c1cccc(c1)c1ccc3ccc4ccc5c6cc[c-]c2c6oc5c4c3c1.[Ir+3]. The predicted molar refractivity (Wildman–Crippen MR) is 202 cm³/mol. The molecule has 1 unspecified atom stereocenters. The smallest absolute Gasteiger partial charge is 0.683 e. The number of hydrogen-bond acceptors (Lipinski definition) is 2. The summed E-state index contributed by atoms with van der Waals surface area (Å²) in [6.45, 7) is -6.62. The van der Waals surface area contributed by atoms with Crippen LogP contribution < -0.4 is 0 Å². The number of aromatic nitrogens is 1. The van der Waals surface area contributed by atoms with Crippen molar-refractivity contribution in [3.05, 3.63) is 167 Å². The van der Waals surface area contributed by atoms with Crippen molar-refractivity contribution < 1.29 is 36.9 Å². The van der Waals surface area contributed by atoms with E-state index in [4.69, 9.17) is 16.8 Å². The van der Waals surface area contributed by atoms with Gasteiger partial charge >= 0.3 is 20.1 Å². The number of allylic oxidation sites excluding steroid dienone is 2. The van der Waals surface area contributed by atoms with E-state index in [1.165, 1.54) is 30.6 Å². The number of rotatable bonds is 1. The second-order valence-electron chi connectivity index (χ2n) is 12.0. The number of benzene rings is 6. The van der Waals surface area contributed by atoms with Gasteiger partial charge in [0.1, 0.15) is 5.58 Å². The molecule has 0 spiro atoms. The molecule has 1 aliphatic heterocycles. The van der Waals surface area contributed by atoms with Crippen LogP contribution in [-0.2, 0) is 20.1 Å². The van der Waals surface area contributed by atoms with E-state index in [-0.39, 0.29) is 42.8 Å². The molecule has 6 aromatic carbocycles. The number of fused-ring (bicyclic) bond motifs is 9. The Morgan fingerprint density at radius 1 is 0.735 bits per heavy atom. The second kappa shape index (κ2) is 12.3. The van der Waals surface area contributed by atoms with Crippen LogP contribution in [0.3, 0.4) is 0 Å². The molecular weight excluding hydrogens is 777 g/mol. The van der Waals surface area contributed by atoms with Crippen molar-refractivity contribution in [2.45, 2.75) is 26.6 Å². The van der Waals surface area contributed by atoms with Gasteiger partial charge in [-0.15, -0.1) is 18.2 Å². The van der Waals surface area contributed by atoms with Gasteiger partial charge in [0, 0.05) is 29.3 Å². The molecule has 236 valence electrons. The Morgan fingerprint density at radius 3 is 2.39 bits per heavy atom. The van der Waals surface area contributed by atoms with Gasteiger partial charge in [0.25, 0.3) is 0 Å². The molecule has 3 aromatic heterocycles. The van der Waals surface area contributed by atoms with Crippen molar-refractivity contribution in [2.75, 3.05) is 0 Å². The van der Waals surface area contributed by atoms with Gasteiger partial charge in [-0.3, -0.25) is 0 Å². The van der Waals surface area contributed by atoms with Gasteiger partial charge in [0.2, 0.25) is 0 Å². The van der Waals surface area contributed by atoms with E-state index in [0.717, 1.165) is 54.1 Å². The first-order valence-corrected chi connectivity index (χ1v) is 15.6. The van der Waals surface area contributed by atoms with E-state index in [0.29, 0.717) is 27.4 Å². The molecule has 9 aromatic rings. The molecule has 0 amide bonds. The summed E-state index contributed by atoms with van der Waals surface area (Å²) in [5, 5.41) is 14.9. The Labute approximate surface area is 310 Å². The fraction of sp³-hybridized carbons (Fsp3) is 0.0889. The van der Waals surface area contributed by atoms with Crippen LogP contribution in [-0.4, -0.2) is 4.98 Å². The number of aryl methyl sites for hydroxylation is 2. The molecule has 4 heterocycles. The largest absolute Gasteiger partial charge is 3.00 e. The van der Waals surface area contributed by atoms with Crippen molar-refractivity contribution in [1.29, 1.82) is 0 Å². The van der Waals surface area contributed by atoms with E-state index < -0.39 is 20.6 Å². The Kier molecular flexibility index (Phi) is 5.62. The maximum absolute atomic E-state index is 8.18. The summed E-state index contributed by atoms with van der Waals surface area (Å²) in [6, 6.07) is 39.3. The molecule has 8 bridgehead atoms. The van der Waals surface area contributed by atoms with E-state index in [1.807, 2.05) is 30.3 Å². The fourth-order valence-electron chi connectivity index (χ4n) is 6.65.